The summed E-state index contributed by atoms with van der Waals surface area (Å²) in [5, 5.41) is 10.4. The molecule has 1 aromatic rings. The zero-order chi connectivity index (χ0) is 20.2. The summed E-state index contributed by atoms with van der Waals surface area (Å²) in [4.78, 5) is 22.4. The van der Waals surface area contributed by atoms with Crippen LogP contribution in [0, 0.1) is 17.2 Å². The number of carbonyl (C=O) groups is 1. The number of hydrogen-bond acceptors (Lipinski definition) is 6. The lowest BCUT2D eigenvalue weighted by Gasteiger charge is -2.34. The first-order chi connectivity index (χ1) is 14.2. The van der Waals surface area contributed by atoms with E-state index in [1.165, 1.54) is 18.2 Å². The number of ether oxygens (including phenoxy) is 1. The zero-order valence-corrected chi connectivity index (χ0v) is 18.0. The van der Waals surface area contributed by atoms with Crippen molar-refractivity contribution in [1.82, 2.24) is 14.8 Å². The van der Waals surface area contributed by atoms with E-state index >= 15 is 0 Å². The van der Waals surface area contributed by atoms with Gasteiger partial charge in [-0.15, -0.1) is 11.8 Å². The Hall–Kier alpha value is -1.62. The Balaban J connectivity index is 1.38. The number of nitrogens with zero attached hydrogens (tertiary/aromatic N) is 4. The van der Waals surface area contributed by atoms with Crippen molar-refractivity contribution in [1.29, 1.82) is 5.26 Å². The second-order valence-electron chi connectivity index (χ2n) is 8.34. The van der Waals surface area contributed by atoms with Crippen LogP contribution in [0.15, 0.2) is 11.1 Å². The number of carbonyl (C=O) groups excluding carboxylic acids is 1. The lowest BCUT2D eigenvalue weighted by Crippen LogP contribution is -2.41. The average Bonchev–Trinajstić information content (AvgIpc) is 3.63. The van der Waals surface area contributed by atoms with E-state index in [4.69, 9.17) is 4.74 Å². The van der Waals surface area contributed by atoms with Crippen LogP contribution in [0.4, 0.5) is 0 Å². The molecule has 0 N–H and O–H groups in total. The molecule has 4 rings (SSSR count). The van der Waals surface area contributed by atoms with Gasteiger partial charge in [-0.1, -0.05) is 0 Å². The average molecular weight is 415 g/mol. The molecule has 1 amide bonds. The van der Waals surface area contributed by atoms with Crippen LogP contribution in [0.1, 0.15) is 59.6 Å². The second-order valence-corrected chi connectivity index (χ2v) is 9.14. The van der Waals surface area contributed by atoms with Gasteiger partial charge in [0.15, 0.2) is 0 Å². The number of amides is 1. The van der Waals surface area contributed by atoms with Crippen molar-refractivity contribution in [3.05, 3.63) is 22.9 Å². The van der Waals surface area contributed by atoms with Gasteiger partial charge in [0, 0.05) is 37.8 Å². The predicted octanol–water partition coefficient (Wildman–Crippen LogP) is 3.13. The molecule has 0 radical (unpaired) electrons. The summed E-state index contributed by atoms with van der Waals surface area (Å²) in [5.74, 6) is 1.15. The number of hydrogen-bond donors (Lipinski definition) is 0. The summed E-state index contributed by atoms with van der Waals surface area (Å²) in [7, 11) is 0. The molecular weight excluding hydrogens is 384 g/mol. The largest absolute Gasteiger partial charge is 0.379 e. The van der Waals surface area contributed by atoms with E-state index in [0.717, 1.165) is 77.3 Å². The van der Waals surface area contributed by atoms with Crippen molar-refractivity contribution < 1.29 is 9.53 Å². The lowest BCUT2D eigenvalue weighted by atomic mass is 9.92. The van der Waals surface area contributed by atoms with Gasteiger partial charge < -0.3 is 9.64 Å². The lowest BCUT2D eigenvalue weighted by molar-refractivity contribution is 0.0332. The molecular formula is C22H30N4O2S. The van der Waals surface area contributed by atoms with Gasteiger partial charge in [0.25, 0.3) is 5.91 Å². The van der Waals surface area contributed by atoms with Gasteiger partial charge in [-0.3, -0.25) is 9.69 Å². The summed E-state index contributed by atoms with van der Waals surface area (Å²) in [6.45, 7) is 6.48. The van der Waals surface area contributed by atoms with E-state index < -0.39 is 0 Å². The van der Waals surface area contributed by atoms with E-state index in [0.29, 0.717) is 28.0 Å². The van der Waals surface area contributed by atoms with Gasteiger partial charge in [0.1, 0.15) is 11.1 Å². The van der Waals surface area contributed by atoms with Crippen molar-refractivity contribution in [2.24, 2.45) is 5.92 Å². The van der Waals surface area contributed by atoms with Crippen LogP contribution in [0.25, 0.3) is 0 Å². The summed E-state index contributed by atoms with van der Waals surface area (Å²) in [6, 6.07) is 4.13. The maximum atomic E-state index is 13.3. The van der Waals surface area contributed by atoms with Crippen molar-refractivity contribution in [2.45, 2.75) is 43.0 Å². The number of likely N-dealkylation sites (tertiary alicyclic amines) is 1. The minimum Gasteiger partial charge on any atom is -0.379 e. The normalized spacial score (nSPS) is 21.2. The van der Waals surface area contributed by atoms with Crippen molar-refractivity contribution >= 4 is 17.7 Å². The van der Waals surface area contributed by atoms with Crippen LogP contribution < -0.4 is 0 Å². The summed E-state index contributed by atoms with van der Waals surface area (Å²) >= 11 is 1.46. The molecule has 0 aromatic carbocycles. The summed E-state index contributed by atoms with van der Waals surface area (Å²) in [5.41, 5.74) is 1.99. The van der Waals surface area contributed by atoms with Gasteiger partial charge in [-0.2, -0.15) is 5.26 Å². The number of rotatable bonds is 6. The highest BCUT2D eigenvalue weighted by atomic mass is 32.2. The molecule has 0 atom stereocenters. The molecule has 2 saturated heterocycles. The maximum Gasteiger partial charge on any atom is 0.255 e. The van der Waals surface area contributed by atoms with Crippen molar-refractivity contribution in [2.75, 3.05) is 52.2 Å². The van der Waals surface area contributed by atoms with Crippen LogP contribution in [0.3, 0.4) is 0 Å². The van der Waals surface area contributed by atoms with Crippen LogP contribution in [0.2, 0.25) is 0 Å². The predicted molar refractivity (Wildman–Crippen MR) is 113 cm³/mol. The number of pyridine rings is 1. The molecule has 6 nitrogen and oxygen atoms in total. The first kappa shape index (κ1) is 20.6. The van der Waals surface area contributed by atoms with Gasteiger partial charge >= 0.3 is 0 Å². The fourth-order valence-electron chi connectivity index (χ4n) is 4.34. The molecule has 0 unspecified atom stereocenters. The Morgan fingerprint density at radius 1 is 1.24 bits per heavy atom. The molecule has 0 spiro atoms. The topological polar surface area (TPSA) is 69.5 Å². The van der Waals surface area contributed by atoms with Crippen LogP contribution in [0.5, 0.6) is 0 Å². The van der Waals surface area contributed by atoms with E-state index in [2.05, 4.69) is 16.0 Å². The first-order valence-corrected chi connectivity index (χ1v) is 12.0. The third-order valence-electron chi connectivity index (χ3n) is 6.40. The van der Waals surface area contributed by atoms with Crippen LogP contribution in [-0.2, 0) is 4.74 Å². The van der Waals surface area contributed by atoms with E-state index in [9.17, 15) is 10.1 Å². The van der Waals surface area contributed by atoms with Gasteiger partial charge in [-0.05, 0) is 56.9 Å². The van der Waals surface area contributed by atoms with Crippen molar-refractivity contribution in [3.8, 4) is 6.07 Å². The Kier molecular flexibility index (Phi) is 6.74. The smallest absolute Gasteiger partial charge is 0.255 e. The van der Waals surface area contributed by atoms with E-state index in [-0.39, 0.29) is 5.91 Å². The van der Waals surface area contributed by atoms with E-state index in [1.54, 1.807) is 0 Å². The van der Waals surface area contributed by atoms with Gasteiger partial charge in [0.05, 0.1) is 24.3 Å². The third-order valence-corrected chi connectivity index (χ3v) is 7.08. The quantitative estimate of drug-likeness (QED) is 0.666. The molecule has 1 aliphatic carbocycles. The molecule has 3 aliphatic rings. The number of piperidine rings is 1. The third kappa shape index (κ3) is 4.93. The molecule has 2 aliphatic heterocycles. The monoisotopic (exact) mass is 414 g/mol. The molecule has 0 bridgehead atoms. The van der Waals surface area contributed by atoms with Gasteiger partial charge in [-0.25, -0.2) is 4.98 Å². The number of aromatic nitrogens is 1. The Morgan fingerprint density at radius 3 is 2.59 bits per heavy atom. The molecule has 156 valence electrons. The minimum absolute atomic E-state index is 0.00720. The molecule has 3 fully saturated rings. The molecule has 3 heterocycles. The maximum absolute atomic E-state index is 13.3. The second kappa shape index (κ2) is 9.46. The minimum atomic E-state index is 0.00720. The zero-order valence-electron chi connectivity index (χ0n) is 17.2. The highest BCUT2D eigenvalue weighted by Gasteiger charge is 2.31. The van der Waals surface area contributed by atoms with Crippen LogP contribution in [-0.4, -0.2) is 72.9 Å². The standard InChI is InChI=1S/C22H30N4O2S/c1-29-21-19(15-23)18(14-20(24-21)17-2-3-17)22(27)26-8-5-16(6-9-26)4-7-25-10-12-28-13-11-25/h14,16-17H,2-13H2,1H3. The highest BCUT2D eigenvalue weighted by molar-refractivity contribution is 7.98. The fourth-order valence-corrected chi connectivity index (χ4v) is 4.89. The number of morpholine rings is 1. The Labute approximate surface area is 177 Å². The first-order valence-electron chi connectivity index (χ1n) is 10.8. The van der Waals surface area contributed by atoms with Gasteiger partial charge in [0.2, 0.25) is 0 Å². The molecule has 29 heavy (non-hydrogen) atoms. The number of nitriles is 1. The number of thioether (sulfide) groups is 1. The molecule has 1 aromatic heterocycles. The van der Waals surface area contributed by atoms with Crippen LogP contribution >= 0.6 is 11.8 Å². The summed E-state index contributed by atoms with van der Waals surface area (Å²) in [6.07, 6.45) is 7.49. The molecule has 7 heteroatoms. The van der Waals surface area contributed by atoms with Crippen molar-refractivity contribution in [3.63, 3.8) is 0 Å². The fraction of sp³-hybridized carbons (Fsp3) is 0.682. The highest BCUT2D eigenvalue weighted by Crippen LogP contribution is 2.41. The van der Waals surface area contributed by atoms with E-state index in [1.807, 2.05) is 17.2 Å². The Bertz CT molecular complexity index is 776. The summed E-state index contributed by atoms with van der Waals surface area (Å²) < 4.78 is 5.42. The SMILES string of the molecule is CSc1nc(C2CC2)cc(C(=O)N2CCC(CCN3CCOCC3)CC2)c1C#N. The Morgan fingerprint density at radius 2 is 1.97 bits per heavy atom. The molecule has 1 saturated carbocycles.